The Morgan fingerprint density at radius 2 is 2.00 bits per heavy atom. The molecule has 0 spiro atoms. The van der Waals surface area contributed by atoms with Gasteiger partial charge in [0.2, 0.25) is 0 Å². The second-order valence-corrected chi connectivity index (χ2v) is 4.98. The number of hydrogen-bond donors (Lipinski definition) is 0. The zero-order valence-corrected chi connectivity index (χ0v) is 10.9. The van der Waals surface area contributed by atoms with E-state index in [0.29, 0.717) is 6.42 Å². The van der Waals surface area contributed by atoms with Gasteiger partial charge in [0.1, 0.15) is 0 Å². The maximum atomic E-state index is 11.3. The number of carbonyl (C=O) groups excluding carboxylic acids is 1. The third-order valence-electron chi connectivity index (χ3n) is 3.82. The third kappa shape index (κ3) is 2.51. The third-order valence-corrected chi connectivity index (χ3v) is 3.82. The first-order valence-electron chi connectivity index (χ1n) is 6.32. The van der Waals surface area contributed by atoms with Crippen LogP contribution in [-0.4, -0.2) is 13.1 Å². The normalized spacial score (nSPS) is 17.9. The van der Waals surface area contributed by atoms with Gasteiger partial charge in [0.05, 0.1) is 13.5 Å². The van der Waals surface area contributed by atoms with E-state index in [2.05, 4.69) is 26.0 Å². The van der Waals surface area contributed by atoms with E-state index in [1.807, 2.05) is 0 Å². The summed E-state index contributed by atoms with van der Waals surface area (Å²) in [5.74, 6) is 0.635. The molecule has 92 valence electrons. The van der Waals surface area contributed by atoms with Crippen LogP contribution in [0.15, 0.2) is 12.1 Å². The molecule has 0 saturated carbocycles. The zero-order valence-electron chi connectivity index (χ0n) is 10.9. The van der Waals surface area contributed by atoms with Crippen LogP contribution in [-0.2, 0) is 28.8 Å². The molecule has 1 atom stereocenters. The van der Waals surface area contributed by atoms with Gasteiger partial charge in [0.25, 0.3) is 0 Å². The van der Waals surface area contributed by atoms with E-state index in [1.165, 1.54) is 43.1 Å². The van der Waals surface area contributed by atoms with Gasteiger partial charge in [-0.05, 0) is 47.9 Å². The van der Waals surface area contributed by atoms with Crippen LogP contribution in [0.4, 0.5) is 0 Å². The second-order valence-electron chi connectivity index (χ2n) is 4.98. The van der Waals surface area contributed by atoms with Crippen molar-refractivity contribution in [3.63, 3.8) is 0 Å². The predicted molar refractivity (Wildman–Crippen MR) is 68.1 cm³/mol. The fraction of sp³-hybridized carbons (Fsp3) is 0.533. The van der Waals surface area contributed by atoms with Gasteiger partial charge in [-0.15, -0.1) is 0 Å². The maximum absolute atomic E-state index is 11.3. The monoisotopic (exact) mass is 232 g/mol. The molecule has 0 bridgehead atoms. The van der Waals surface area contributed by atoms with Crippen molar-refractivity contribution in [2.24, 2.45) is 5.92 Å². The summed E-state index contributed by atoms with van der Waals surface area (Å²) < 4.78 is 4.73. The first-order chi connectivity index (χ1) is 8.13. The summed E-state index contributed by atoms with van der Waals surface area (Å²) >= 11 is 0. The molecule has 0 fully saturated rings. The van der Waals surface area contributed by atoms with Gasteiger partial charge in [0, 0.05) is 0 Å². The molecule has 2 nitrogen and oxygen atoms in total. The highest BCUT2D eigenvalue weighted by atomic mass is 16.5. The summed E-state index contributed by atoms with van der Waals surface area (Å²) in [6.45, 7) is 4.33. The number of esters is 1. The molecule has 0 radical (unpaired) electrons. The average molecular weight is 232 g/mol. The molecule has 1 unspecified atom stereocenters. The van der Waals surface area contributed by atoms with E-state index >= 15 is 0 Å². The number of ether oxygens (including phenoxy) is 1. The second kappa shape index (κ2) is 4.91. The summed E-state index contributed by atoms with van der Waals surface area (Å²) in [6.07, 6.45) is 4.00. The SMILES string of the molecule is CCC1Cc2cc(C)c(CC(=O)OC)cc2C1. The van der Waals surface area contributed by atoms with Crippen molar-refractivity contribution >= 4 is 5.97 Å². The van der Waals surface area contributed by atoms with Gasteiger partial charge < -0.3 is 4.74 Å². The number of carbonyl (C=O) groups is 1. The maximum Gasteiger partial charge on any atom is 0.309 e. The molecule has 0 heterocycles. The lowest BCUT2D eigenvalue weighted by atomic mass is 9.99. The van der Waals surface area contributed by atoms with E-state index < -0.39 is 0 Å². The number of fused-ring (bicyclic) bond motifs is 1. The Bertz CT molecular complexity index is 435. The summed E-state index contributed by atoms with van der Waals surface area (Å²) in [7, 11) is 1.44. The molecule has 17 heavy (non-hydrogen) atoms. The molecule has 1 aromatic rings. The lowest BCUT2D eigenvalue weighted by molar-refractivity contribution is -0.139. The van der Waals surface area contributed by atoms with Crippen LogP contribution in [0.1, 0.15) is 35.6 Å². The smallest absolute Gasteiger partial charge is 0.309 e. The van der Waals surface area contributed by atoms with Crippen LogP contribution < -0.4 is 0 Å². The molecule has 2 rings (SSSR count). The highest BCUT2D eigenvalue weighted by molar-refractivity contribution is 5.73. The van der Waals surface area contributed by atoms with Gasteiger partial charge >= 0.3 is 5.97 Å². The fourth-order valence-corrected chi connectivity index (χ4v) is 2.64. The molecule has 1 aliphatic carbocycles. The summed E-state index contributed by atoms with van der Waals surface area (Å²) in [6, 6.07) is 4.46. The van der Waals surface area contributed by atoms with Crippen LogP contribution in [0.2, 0.25) is 0 Å². The van der Waals surface area contributed by atoms with Crippen molar-refractivity contribution in [2.75, 3.05) is 7.11 Å². The summed E-state index contributed by atoms with van der Waals surface area (Å²) in [4.78, 5) is 11.3. The lowest BCUT2D eigenvalue weighted by Crippen LogP contribution is -2.06. The molecular weight excluding hydrogens is 212 g/mol. The number of hydrogen-bond acceptors (Lipinski definition) is 2. The van der Waals surface area contributed by atoms with Crippen molar-refractivity contribution in [1.82, 2.24) is 0 Å². The molecule has 1 aliphatic rings. The topological polar surface area (TPSA) is 26.3 Å². The van der Waals surface area contributed by atoms with Crippen molar-refractivity contribution < 1.29 is 9.53 Å². The highest BCUT2D eigenvalue weighted by Gasteiger charge is 2.21. The quantitative estimate of drug-likeness (QED) is 0.749. The molecule has 0 amide bonds. The molecule has 0 saturated heterocycles. The van der Waals surface area contributed by atoms with Gasteiger partial charge in [-0.25, -0.2) is 0 Å². The Hall–Kier alpha value is -1.31. The Morgan fingerprint density at radius 1 is 1.35 bits per heavy atom. The largest absolute Gasteiger partial charge is 0.469 e. The van der Waals surface area contributed by atoms with Crippen molar-refractivity contribution in [2.45, 2.75) is 39.5 Å². The van der Waals surface area contributed by atoms with Gasteiger partial charge in [-0.2, -0.15) is 0 Å². The van der Waals surface area contributed by atoms with E-state index in [0.717, 1.165) is 11.5 Å². The summed E-state index contributed by atoms with van der Waals surface area (Å²) in [5.41, 5.74) is 5.24. The number of benzene rings is 1. The first kappa shape index (κ1) is 12.2. The minimum atomic E-state index is -0.155. The van der Waals surface area contributed by atoms with E-state index in [-0.39, 0.29) is 5.97 Å². The standard InChI is InChI=1S/C15H20O2/c1-4-11-6-13-5-10(2)12(8-14(13)7-11)9-15(16)17-3/h5,8,11H,4,6-7,9H2,1-3H3. The first-order valence-corrected chi connectivity index (χ1v) is 6.32. The Kier molecular flexibility index (Phi) is 3.51. The number of aryl methyl sites for hydroxylation is 1. The minimum Gasteiger partial charge on any atom is -0.469 e. The van der Waals surface area contributed by atoms with Crippen LogP contribution in [0.3, 0.4) is 0 Å². The highest BCUT2D eigenvalue weighted by Crippen LogP contribution is 2.31. The molecule has 0 aliphatic heterocycles. The van der Waals surface area contributed by atoms with Crippen LogP contribution in [0.25, 0.3) is 0 Å². The van der Waals surface area contributed by atoms with E-state index in [9.17, 15) is 4.79 Å². The Morgan fingerprint density at radius 3 is 2.59 bits per heavy atom. The predicted octanol–water partition coefficient (Wildman–Crippen LogP) is 2.84. The van der Waals surface area contributed by atoms with Crippen LogP contribution in [0.5, 0.6) is 0 Å². The van der Waals surface area contributed by atoms with Gasteiger partial charge in [-0.1, -0.05) is 25.5 Å². The van der Waals surface area contributed by atoms with Crippen molar-refractivity contribution in [3.8, 4) is 0 Å². The van der Waals surface area contributed by atoms with Crippen molar-refractivity contribution in [3.05, 3.63) is 34.4 Å². The van der Waals surface area contributed by atoms with Crippen LogP contribution >= 0.6 is 0 Å². The molecule has 0 aromatic heterocycles. The average Bonchev–Trinajstić information content (AvgIpc) is 2.71. The van der Waals surface area contributed by atoms with E-state index in [4.69, 9.17) is 4.74 Å². The van der Waals surface area contributed by atoms with E-state index in [1.54, 1.807) is 0 Å². The number of rotatable bonds is 3. The molecular formula is C15H20O2. The Balaban J connectivity index is 2.24. The fourth-order valence-electron chi connectivity index (χ4n) is 2.64. The Labute approximate surface area is 103 Å². The summed E-state index contributed by atoms with van der Waals surface area (Å²) in [5, 5.41) is 0. The van der Waals surface area contributed by atoms with Gasteiger partial charge in [-0.3, -0.25) is 4.79 Å². The van der Waals surface area contributed by atoms with Gasteiger partial charge in [0.15, 0.2) is 0 Å². The minimum absolute atomic E-state index is 0.155. The molecule has 2 heteroatoms. The zero-order chi connectivity index (χ0) is 12.4. The molecule has 1 aromatic carbocycles. The van der Waals surface area contributed by atoms with Crippen LogP contribution in [0, 0.1) is 12.8 Å². The lowest BCUT2D eigenvalue weighted by Gasteiger charge is -2.08. The molecule has 0 N–H and O–H groups in total. The van der Waals surface area contributed by atoms with Crippen molar-refractivity contribution in [1.29, 1.82) is 0 Å². The number of methoxy groups -OCH3 is 1.